The standard InChI is InChI=1S/C17H24F2N2O3/c1-11(15-4-3-13(18)8-16(15)19)9-20-17(23)21-5-6-24-10-14(21)7-12(2)22/h3-4,8,11-12,14,22H,5-7,9-10H2,1-2H3,(H,20,23)/t11-,12-,14-/m0/s1. The number of nitrogens with one attached hydrogen (secondary N) is 1. The van der Waals surface area contributed by atoms with E-state index in [1.54, 1.807) is 18.7 Å². The van der Waals surface area contributed by atoms with E-state index in [0.717, 1.165) is 6.07 Å². The molecule has 1 aliphatic heterocycles. The second-order valence-corrected chi connectivity index (χ2v) is 6.26. The molecule has 0 bridgehead atoms. The van der Waals surface area contributed by atoms with E-state index in [2.05, 4.69) is 5.32 Å². The Bertz CT molecular complexity index is 569. The zero-order valence-corrected chi connectivity index (χ0v) is 14.0. The molecule has 134 valence electrons. The van der Waals surface area contributed by atoms with Crippen LogP contribution in [-0.2, 0) is 4.74 Å². The van der Waals surface area contributed by atoms with E-state index in [0.29, 0.717) is 31.7 Å². The number of carbonyl (C=O) groups is 1. The van der Waals surface area contributed by atoms with Crippen molar-refractivity contribution < 1.29 is 23.4 Å². The summed E-state index contributed by atoms with van der Waals surface area (Å²) >= 11 is 0. The Labute approximate surface area is 140 Å². The molecule has 2 N–H and O–H groups in total. The summed E-state index contributed by atoms with van der Waals surface area (Å²) in [5.41, 5.74) is 0.360. The van der Waals surface area contributed by atoms with Crippen LogP contribution in [0.2, 0.25) is 0 Å². The number of nitrogens with zero attached hydrogens (tertiary/aromatic N) is 1. The van der Waals surface area contributed by atoms with Crippen LogP contribution in [0.3, 0.4) is 0 Å². The minimum absolute atomic E-state index is 0.184. The predicted octanol–water partition coefficient (Wildman–Crippen LogP) is 2.25. The van der Waals surface area contributed by atoms with Gasteiger partial charge in [-0.1, -0.05) is 13.0 Å². The van der Waals surface area contributed by atoms with Gasteiger partial charge in [0.2, 0.25) is 0 Å². The second-order valence-electron chi connectivity index (χ2n) is 6.26. The SMILES string of the molecule is C[C@H](O)C[C@H]1COCCN1C(=O)NC[C@H](C)c1ccc(F)cc1F. The Balaban J connectivity index is 1.93. The zero-order valence-electron chi connectivity index (χ0n) is 14.0. The molecule has 24 heavy (non-hydrogen) atoms. The highest BCUT2D eigenvalue weighted by Crippen LogP contribution is 2.19. The quantitative estimate of drug-likeness (QED) is 0.863. The van der Waals surface area contributed by atoms with Crippen LogP contribution in [0.15, 0.2) is 18.2 Å². The van der Waals surface area contributed by atoms with Crippen LogP contribution in [-0.4, -0.2) is 54.5 Å². The third kappa shape index (κ3) is 4.88. The van der Waals surface area contributed by atoms with Crippen LogP contribution < -0.4 is 5.32 Å². The Hall–Kier alpha value is -1.73. The maximum atomic E-state index is 13.8. The molecule has 1 aliphatic rings. The monoisotopic (exact) mass is 342 g/mol. The summed E-state index contributed by atoms with van der Waals surface area (Å²) in [4.78, 5) is 14.0. The van der Waals surface area contributed by atoms with Crippen molar-refractivity contribution in [2.45, 2.75) is 38.3 Å². The predicted molar refractivity (Wildman–Crippen MR) is 85.8 cm³/mol. The topological polar surface area (TPSA) is 61.8 Å². The molecule has 0 radical (unpaired) electrons. The zero-order chi connectivity index (χ0) is 17.7. The molecule has 1 saturated heterocycles. The fourth-order valence-corrected chi connectivity index (χ4v) is 2.86. The van der Waals surface area contributed by atoms with E-state index in [1.807, 2.05) is 0 Å². The van der Waals surface area contributed by atoms with Crippen molar-refractivity contribution >= 4 is 6.03 Å². The molecule has 0 aliphatic carbocycles. The number of aliphatic hydroxyl groups excluding tert-OH is 1. The number of amides is 2. The van der Waals surface area contributed by atoms with Crippen molar-refractivity contribution in [3.8, 4) is 0 Å². The van der Waals surface area contributed by atoms with Crippen LogP contribution in [0.4, 0.5) is 13.6 Å². The van der Waals surface area contributed by atoms with Crippen molar-refractivity contribution in [1.29, 1.82) is 0 Å². The van der Waals surface area contributed by atoms with Crippen LogP contribution >= 0.6 is 0 Å². The van der Waals surface area contributed by atoms with Crippen LogP contribution in [0.25, 0.3) is 0 Å². The number of benzene rings is 1. The van der Waals surface area contributed by atoms with Gasteiger partial charge < -0.3 is 20.1 Å². The molecule has 0 unspecified atom stereocenters. The first-order valence-electron chi connectivity index (χ1n) is 8.13. The summed E-state index contributed by atoms with van der Waals surface area (Å²) in [7, 11) is 0. The first kappa shape index (κ1) is 18.6. The lowest BCUT2D eigenvalue weighted by atomic mass is 10.0. The molecule has 3 atom stereocenters. The summed E-state index contributed by atoms with van der Waals surface area (Å²) in [5, 5.41) is 12.3. The summed E-state index contributed by atoms with van der Waals surface area (Å²) in [5.74, 6) is -1.53. The highest BCUT2D eigenvalue weighted by atomic mass is 19.1. The lowest BCUT2D eigenvalue weighted by Crippen LogP contribution is -2.53. The van der Waals surface area contributed by atoms with Crippen molar-refractivity contribution in [3.63, 3.8) is 0 Å². The Morgan fingerprint density at radius 3 is 2.88 bits per heavy atom. The molecule has 7 heteroatoms. The molecule has 0 aromatic heterocycles. The number of carbonyl (C=O) groups excluding carboxylic acids is 1. The van der Waals surface area contributed by atoms with Crippen LogP contribution in [0.5, 0.6) is 0 Å². The van der Waals surface area contributed by atoms with Gasteiger partial charge >= 0.3 is 6.03 Å². The van der Waals surface area contributed by atoms with Crippen LogP contribution in [0.1, 0.15) is 31.7 Å². The average molecular weight is 342 g/mol. The minimum atomic E-state index is -0.623. The van der Waals surface area contributed by atoms with E-state index >= 15 is 0 Å². The van der Waals surface area contributed by atoms with Gasteiger partial charge in [0.1, 0.15) is 11.6 Å². The second kappa shape index (κ2) is 8.39. The first-order chi connectivity index (χ1) is 11.4. The number of morpholine rings is 1. The van der Waals surface area contributed by atoms with E-state index < -0.39 is 17.7 Å². The number of ether oxygens (including phenoxy) is 1. The fraction of sp³-hybridized carbons (Fsp3) is 0.588. The number of halogens is 2. The molecule has 0 saturated carbocycles. The molecule has 2 rings (SSSR count). The van der Waals surface area contributed by atoms with Gasteiger partial charge in [-0.05, 0) is 25.0 Å². The minimum Gasteiger partial charge on any atom is -0.393 e. The molecular weight excluding hydrogens is 318 g/mol. The number of rotatable bonds is 5. The molecular formula is C17H24F2N2O3. The van der Waals surface area contributed by atoms with Gasteiger partial charge in [-0.15, -0.1) is 0 Å². The van der Waals surface area contributed by atoms with Gasteiger partial charge in [0.05, 0.1) is 25.4 Å². The molecule has 5 nitrogen and oxygen atoms in total. The highest BCUT2D eigenvalue weighted by molar-refractivity contribution is 5.74. The lowest BCUT2D eigenvalue weighted by Gasteiger charge is -2.36. The van der Waals surface area contributed by atoms with E-state index in [9.17, 15) is 18.7 Å². The lowest BCUT2D eigenvalue weighted by molar-refractivity contribution is -0.00433. The summed E-state index contributed by atoms with van der Waals surface area (Å²) in [6.45, 7) is 4.96. The largest absolute Gasteiger partial charge is 0.393 e. The smallest absolute Gasteiger partial charge is 0.317 e. The highest BCUT2D eigenvalue weighted by Gasteiger charge is 2.28. The molecule has 1 aromatic rings. The van der Waals surface area contributed by atoms with Gasteiger partial charge in [-0.2, -0.15) is 0 Å². The summed E-state index contributed by atoms with van der Waals surface area (Å²) in [6.07, 6.45) is -0.0884. The molecule has 1 heterocycles. The van der Waals surface area contributed by atoms with Gasteiger partial charge in [-0.3, -0.25) is 0 Å². The van der Waals surface area contributed by atoms with Crippen molar-refractivity contribution in [3.05, 3.63) is 35.4 Å². The van der Waals surface area contributed by atoms with Gasteiger partial charge in [0.25, 0.3) is 0 Å². The van der Waals surface area contributed by atoms with Gasteiger partial charge in [-0.25, -0.2) is 13.6 Å². The van der Waals surface area contributed by atoms with Crippen molar-refractivity contribution in [1.82, 2.24) is 10.2 Å². The van der Waals surface area contributed by atoms with E-state index in [-0.39, 0.29) is 24.5 Å². The molecule has 2 amide bonds. The van der Waals surface area contributed by atoms with E-state index in [4.69, 9.17) is 4.74 Å². The maximum absolute atomic E-state index is 13.8. The Kier molecular flexibility index (Phi) is 6.51. The van der Waals surface area contributed by atoms with E-state index in [1.165, 1.54) is 12.1 Å². The number of hydrogen-bond acceptors (Lipinski definition) is 3. The van der Waals surface area contributed by atoms with Gasteiger partial charge in [0.15, 0.2) is 0 Å². The normalized spacial score (nSPS) is 20.5. The third-order valence-corrected chi connectivity index (χ3v) is 4.15. The maximum Gasteiger partial charge on any atom is 0.317 e. The summed E-state index contributed by atoms with van der Waals surface area (Å²) < 4.78 is 32.1. The average Bonchev–Trinajstić information content (AvgIpc) is 2.52. The Morgan fingerprint density at radius 1 is 1.46 bits per heavy atom. The van der Waals surface area contributed by atoms with Crippen molar-refractivity contribution in [2.75, 3.05) is 26.3 Å². The van der Waals surface area contributed by atoms with Crippen molar-refractivity contribution in [2.24, 2.45) is 0 Å². The fourth-order valence-electron chi connectivity index (χ4n) is 2.86. The molecule has 1 fully saturated rings. The van der Waals surface area contributed by atoms with Crippen LogP contribution in [0, 0.1) is 11.6 Å². The first-order valence-corrected chi connectivity index (χ1v) is 8.13. The third-order valence-electron chi connectivity index (χ3n) is 4.15. The van der Waals surface area contributed by atoms with Gasteiger partial charge in [0, 0.05) is 25.1 Å². The number of urea groups is 1. The number of hydrogen-bond donors (Lipinski definition) is 2. The molecule has 0 spiro atoms. The number of aliphatic hydroxyl groups is 1. The molecule has 1 aromatic carbocycles. The summed E-state index contributed by atoms with van der Waals surface area (Å²) in [6, 6.07) is 2.99. The Morgan fingerprint density at radius 2 is 2.21 bits per heavy atom.